The van der Waals surface area contributed by atoms with Crippen molar-refractivity contribution in [1.82, 2.24) is 4.90 Å². The number of nitrogens with two attached hydrogens (primary N) is 1. The Morgan fingerprint density at radius 2 is 1.85 bits per heavy atom. The Balaban J connectivity index is 1.99. The Hall–Kier alpha value is -1.35. The summed E-state index contributed by atoms with van der Waals surface area (Å²) >= 11 is 0. The molecule has 4 nitrogen and oxygen atoms in total. The van der Waals surface area contributed by atoms with Gasteiger partial charge in [-0.25, -0.2) is 13.2 Å². The third-order valence-electron chi connectivity index (χ3n) is 5.70. The summed E-state index contributed by atoms with van der Waals surface area (Å²) in [5, 5.41) is 0. The lowest BCUT2D eigenvalue weighted by molar-refractivity contribution is 0.00578. The standard InChI is InChI=1S/C19H26BF3N2O2/c1-18(2)19(3,4)27-20(26-18)17(23)15(11-25-8-7-13(24)10-25)14-6-5-12(21)9-16(14)22/h5-6,9,13H,7-8,10-11,24H2,1-4H3. The number of halogens is 3. The Morgan fingerprint density at radius 1 is 1.22 bits per heavy atom. The molecule has 0 saturated carbocycles. The van der Waals surface area contributed by atoms with Crippen LogP contribution in [0.3, 0.4) is 0 Å². The monoisotopic (exact) mass is 382 g/mol. The largest absolute Gasteiger partial charge is 0.525 e. The van der Waals surface area contributed by atoms with Crippen LogP contribution >= 0.6 is 0 Å². The molecule has 1 aromatic carbocycles. The summed E-state index contributed by atoms with van der Waals surface area (Å²) in [7, 11) is -1.24. The molecule has 2 N–H and O–H groups in total. The number of benzene rings is 1. The van der Waals surface area contributed by atoms with Crippen LogP contribution in [0.4, 0.5) is 13.2 Å². The third-order valence-corrected chi connectivity index (χ3v) is 5.70. The van der Waals surface area contributed by atoms with E-state index in [9.17, 15) is 8.78 Å². The van der Waals surface area contributed by atoms with Crippen LogP contribution < -0.4 is 5.73 Å². The second kappa shape index (κ2) is 7.24. The molecule has 0 bridgehead atoms. The van der Waals surface area contributed by atoms with E-state index in [2.05, 4.69) is 0 Å². The maximum atomic E-state index is 15.5. The van der Waals surface area contributed by atoms with Crippen LogP contribution in [0.15, 0.2) is 23.9 Å². The van der Waals surface area contributed by atoms with Crippen LogP contribution in [0.25, 0.3) is 5.57 Å². The summed E-state index contributed by atoms with van der Waals surface area (Å²) in [4.78, 5) is 1.95. The molecule has 1 aromatic rings. The maximum absolute atomic E-state index is 15.5. The third kappa shape index (κ3) is 4.09. The lowest BCUT2D eigenvalue weighted by atomic mass is 9.82. The highest BCUT2D eigenvalue weighted by Gasteiger charge is 2.53. The van der Waals surface area contributed by atoms with E-state index in [0.717, 1.165) is 18.6 Å². The highest BCUT2D eigenvalue weighted by molar-refractivity contribution is 6.55. The van der Waals surface area contributed by atoms with Crippen molar-refractivity contribution in [3.05, 3.63) is 41.1 Å². The van der Waals surface area contributed by atoms with E-state index in [0.29, 0.717) is 13.1 Å². The molecule has 0 aromatic heterocycles. The van der Waals surface area contributed by atoms with Gasteiger partial charge in [0.1, 0.15) is 17.4 Å². The zero-order valence-corrected chi connectivity index (χ0v) is 16.2. The molecule has 8 heteroatoms. The van der Waals surface area contributed by atoms with E-state index in [1.165, 1.54) is 6.07 Å². The summed E-state index contributed by atoms with van der Waals surface area (Å²) in [6, 6.07) is 3.12. The first-order valence-electron chi connectivity index (χ1n) is 9.18. The first kappa shape index (κ1) is 20.4. The van der Waals surface area contributed by atoms with Crippen molar-refractivity contribution in [3.63, 3.8) is 0 Å². The van der Waals surface area contributed by atoms with Gasteiger partial charge in [0.2, 0.25) is 0 Å². The van der Waals surface area contributed by atoms with Gasteiger partial charge in [-0.2, -0.15) is 0 Å². The molecular formula is C19H26BF3N2O2. The van der Waals surface area contributed by atoms with Crippen LogP contribution in [0.5, 0.6) is 0 Å². The van der Waals surface area contributed by atoms with Gasteiger partial charge in [0, 0.05) is 42.9 Å². The SMILES string of the molecule is CC1(C)OB(C(F)=C(CN2CCC(N)C2)c2ccc(F)cc2F)OC1(C)C. The minimum atomic E-state index is -1.24. The molecule has 148 valence electrons. The summed E-state index contributed by atoms with van der Waals surface area (Å²) < 4.78 is 54.8. The molecule has 27 heavy (non-hydrogen) atoms. The number of hydrogen-bond acceptors (Lipinski definition) is 4. The van der Waals surface area contributed by atoms with E-state index in [4.69, 9.17) is 15.0 Å². The molecule has 1 unspecified atom stereocenters. The topological polar surface area (TPSA) is 47.7 Å². The zero-order valence-electron chi connectivity index (χ0n) is 16.2. The second-order valence-electron chi connectivity index (χ2n) is 8.32. The van der Waals surface area contributed by atoms with E-state index < -0.39 is 35.7 Å². The van der Waals surface area contributed by atoms with Crippen molar-refractivity contribution in [3.8, 4) is 0 Å². The van der Waals surface area contributed by atoms with Crippen LogP contribution in [0.1, 0.15) is 39.7 Å². The van der Waals surface area contributed by atoms with E-state index in [-0.39, 0.29) is 23.7 Å². The molecule has 2 fully saturated rings. The van der Waals surface area contributed by atoms with Crippen LogP contribution in [0.2, 0.25) is 0 Å². The predicted octanol–water partition coefficient (Wildman–Crippen LogP) is 3.31. The van der Waals surface area contributed by atoms with Gasteiger partial charge in [0.05, 0.1) is 11.2 Å². The molecule has 2 heterocycles. The molecule has 3 rings (SSSR count). The highest BCUT2D eigenvalue weighted by atomic mass is 19.1. The summed E-state index contributed by atoms with van der Waals surface area (Å²) in [5.74, 6) is -1.53. The van der Waals surface area contributed by atoms with Gasteiger partial charge in [-0.15, -0.1) is 0 Å². The van der Waals surface area contributed by atoms with E-state index in [1.54, 1.807) is 0 Å². The smallest absolute Gasteiger partial charge is 0.398 e. The molecule has 0 amide bonds. The predicted molar refractivity (Wildman–Crippen MR) is 99.5 cm³/mol. The Morgan fingerprint density at radius 3 is 2.37 bits per heavy atom. The molecule has 0 spiro atoms. The highest BCUT2D eigenvalue weighted by Crippen LogP contribution is 2.40. The number of rotatable bonds is 4. The number of hydrogen-bond donors (Lipinski definition) is 1. The average molecular weight is 382 g/mol. The molecular weight excluding hydrogens is 356 g/mol. The second-order valence-corrected chi connectivity index (χ2v) is 8.32. The van der Waals surface area contributed by atoms with Gasteiger partial charge in [0.25, 0.3) is 0 Å². The minimum absolute atomic E-state index is 0.00378. The van der Waals surface area contributed by atoms with Gasteiger partial charge in [-0.05, 0) is 46.2 Å². The average Bonchev–Trinajstić information content (AvgIpc) is 3.05. The fourth-order valence-corrected chi connectivity index (χ4v) is 3.34. The minimum Gasteiger partial charge on any atom is -0.398 e. The van der Waals surface area contributed by atoms with Gasteiger partial charge in [-0.3, -0.25) is 4.90 Å². The van der Waals surface area contributed by atoms with E-state index >= 15 is 4.39 Å². The normalized spacial score (nSPS) is 25.8. The fraction of sp³-hybridized carbons (Fsp3) is 0.579. The molecule has 0 aliphatic carbocycles. The first-order valence-corrected chi connectivity index (χ1v) is 9.18. The molecule has 0 radical (unpaired) electrons. The van der Waals surface area contributed by atoms with Crippen LogP contribution in [-0.2, 0) is 9.31 Å². The van der Waals surface area contributed by atoms with Gasteiger partial charge >= 0.3 is 7.12 Å². The van der Waals surface area contributed by atoms with Crippen molar-refractivity contribution >= 4 is 12.7 Å². The van der Waals surface area contributed by atoms with Crippen LogP contribution in [0, 0.1) is 11.6 Å². The lowest BCUT2D eigenvalue weighted by Gasteiger charge is -2.32. The van der Waals surface area contributed by atoms with Gasteiger partial charge in [0.15, 0.2) is 0 Å². The maximum Gasteiger partial charge on any atom is 0.525 e. The van der Waals surface area contributed by atoms with Crippen molar-refractivity contribution in [2.75, 3.05) is 19.6 Å². The summed E-state index contributed by atoms with van der Waals surface area (Å²) in [6.07, 6.45) is 0.789. The van der Waals surface area contributed by atoms with E-state index in [1.807, 2.05) is 32.6 Å². The first-order chi connectivity index (χ1) is 12.5. The Labute approximate surface area is 158 Å². The Kier molecular flexibility index (Phi) is 5.47. The van der Waals surface area contributed by atoms with Crippen LogP contribution in [-0.4, -0.2) is 48.9 Å². The zero-order chi connectivity index (χ0) is 20.0. The molecule has 2 aliphatic heterocycles. The number of nitrogens with zero attached hydrogens (tertiary/aromatic N) is 1. The Bertz CT molecular complexity index is 738. The van der Waals surface area contributed by atoms with Crippen molar-refractivity contribution in [2.45, 2.75) is 51.4 Å². The van der Waals surface area contributed by atoms with Gasteiger partial charge < -0.3 is 15.0 Å². The fourth-order valence-electron chi connectivity index (χ4n) is 3.34. The quantitative estimate of drug-likeness (QED) is 0.812. The molecule has 2 saturated heterocycles. The number of likely N-dealkylation sites (tertiary alicyclic amines) is 1. The lowest BCUT2D eigenvalue weighted by Crippen LogP contribution is -2.41. The van der Waals surface area contributed by atoms with Crippen molar-refractivity contribution < 1.29 is 22.5 Å². The van der Waals surface area contributed by atoms with Crippen molar-refractivity contribution in [1.29, 1.82) is 0 Å². The van der Waals surface area contributed by atoms with Crippen molar-refractivity contribution in [2.24, 2.45) is 5.73 Å². The van der Waals surface area contributed by atoms with Gasteiger partial charge in [-0.1, -0.05) is 0 Å². The summed E-state index contributed by atoms with van der Waals surface area (Å²) in [5.41, 5.74) is 3.89. The molecule has 1 atom stereocenters. The summed E-state index contributed by atoms with van der Waals surface area (Å²) in [6.45, 7) is 8.69. The molecule has 2 aliphatic rings.